The molecule has 0 heterocycles. The van der Waals surface area contributed by atoms with E-state index >= 15 is 0 Å². The van der Waals surface area contributed by atoms with E-state index in [1.165, 1.54) is 0 Å². The van der Waals surface area contributed by atoms with Crippen molar-refractivity contribution >= 4 is 35.0 Å². The fourth-order valence-corrected chi connectivity index (χ4v) is 2.35. The van der Waals surface area contributed by atoms with E-state index in [0.29, 0.717) is 23.2 Å². The van der Waals surface area contributed by atoms with Gasteiger partial charge in [0.15, 0.2) is 5.11 Å². The van der Waals surface area contributed by atoms with Gasteiger partial charge in [-0.25, -0.2) is 0 Å². The summed E-state index contributed by atoms with van der Waals surface area (Å²) in [5, 5.41) is 3.45. The van der Waals surface area contributed by atoms with E-state index in [4.69, 9.17) is 17.0 Å². The molecule has 0 bridgehead atoms. The van der Waals surface area contributed by atoms with Crippen molar-refractivity contribution in [2.24, 2.45) is 5.92 Å². The van der Waals surface area contributed by atoms with Crippen LogP contribution in [0.1, 0.15) is 37.0 Å². The molecule has 0 radical (unpaired) electrons. The van der Waals surface area contributed by atoms with Gasteiger partial charge in [-0.05, 0) is 67.3 Å². The van der Waals surface area contributed by atoms with Crippen LogP contribution in [0.3, 0.4) is 0 Å². The summed E-state index contributed by atoms with van der Waals surface area (Å²) in [6.45, 7) is 5.78. The number of rotatable bonds is 9. The molecule has 1 rings (SSSR count). The average Bonchev–Trinajstić information content (AvgIpc) is 2.57. The normalized spacial score (nSPS) is 10.3. The first kappa shape index (κ1) is 20.6. The van der Waals surface area contributed by atoms with Gasteiger partial charge in [0, 0.05) is 12.1 Å². The van der Waals surface area contributed by atoms with Gasteiger partial charge in [-0.15, -0.1) is 0 Å². The zero-order valence-electron chi connectivity index (χ0n) is 14.6. The van der Waals surface area contributed by atoms with Gasteiger partial charge in [0.2, 0.25) is 0 Å². The summed E-state index contributed by atoms with van der Waals surface area (Å²) in [5.74, 6) is 2.22. The highest BCUT2D eigenvalue weighted by atomic mass is 32.2. The van der Waals surface area contributed by atoms with Crippen LogP contribution in [-0.2, 0) is 0 Å². The molecule has 3 N–H and O–H groups in total. The second-order valence-corrected chi connectivity index (χ2v) is 7.13. The quantitative estimate of drug-likeness (QED) is 0.353. The van der Waals surface area contributed by atoms with Gasteiger partial charge in [0.1, 0.15) is 5.75 Å². The van der Waals surface area contributed by atoms with E-state index in [0.717, 1.165) is 30.9 Å². The number of hydrogen-bond acceptors (Lipinski definition) is 4. The lowest BCUT2D eigenvalue weighted by molar-refractivity contribution is 0.0943. The summed E-state index contributed by atoms with van der Waals surface area (Å²) in [6.07, 6.45) is 4.10. The smallest absolute Gasteiger partial charge is 0.269 e. The number of hydrazine groups is 1. The maximum Gasteiger partial charge on any atom is 0.269 e. The first-order valence-corrected chi connectivity index (χ1v) is 9.89. The topological polar surface area (TPSA) is 62.4 Å². The highest BCUT2D eigenvalue weighted by Gasteiger charge is 2.06. The molecule has 24 heavy (non-hydrogen) atoms. The lowest BCUT2D eigenvalue weighted by Crippen LogP contribution is -2.47. The second-order valence-electron chi connectivity index (χ2n) is 5.74. The van der Waals surface area contributed by atoms with Crippen LogP contribution in [0.25, 0.3) is 0 Å². The Kier molecular flexibility index (Phi) is 10.3. The average molecular weight is 370 g/mol. The van der Waals surface area contributed by atoms with Crippen molar-refractivity contribution in [1.82, 2.24) is 16.2 Å². The fourth-order valence-electron chi connectivity index (χ4n) is 1.76. The van der Waals surface area contributed by atoms with Crippen LogP contribution in [-0.4, -0.2) is 36.2 Å². The number of thiocarbonyl (C=S) groups is 1. The number of carbonyl (C=O) groups excluding carboxylic acids is 1. The molecule has 0 aliphatic carbocycles. The predicted octanol–water partition coefficient (Wildman–Crippen LogP) is 2.97. The van der Waals surface area contributed by atoms with Crippen molar-refractivity contribution in [3.8, 4) is 5.75 Å². The Morgan fingerprint density at radius 2 is 1.96 bits per heavy atom. The summed E-state index contributed by atoms with van der Waals surface area (Å²) < 4.78 is 5.63. The Morgan fingerprint density at radius 3 is 2.58 bits per heavy atom. The highest BCUT2D eigenvalue weighted by Crippen LogP contribution is 2.13. The van der Waals surface area contributed by atoms with Crippen molar-refractivity contribution in [3.05, 3.63) is 29.8 Å². The first-order chi connectivity index (χ1) is 11.5. The van der Waals surface area contributed by atoms with Crippen molar-refractivity contribution in [3.63, 3.8) is 0 Å². The minimum absolute atomic E-state index is 0.239. The van der Waals surface area contributed by atoms with E-state index in [1.54, 1.807) is 36.0 Å². The fraction of sp³-hybridized carbons (Fsp3) is 0.529. The molecule has 0 spiro atoms. The Bertz CT molecular complexity index is 507. The molecule has 1 aromatic rings. The molecule has 1 amide bonds. The molecule has 0 aliphatic heterocycles. The zero-order chi connectivity index (χ0) is 17.8. The van der Waals surface area contributed by atoms with E-state index in [2.05, 4.69) is 36.3 Å². The molecule has 0 unspecified atom stereocenters. The second kappa shape index (κ2) is 12.0. The number of ether oxygens (including phenoxy) is 1. The largest absolute Gasteiger partial charge is 0.494 e. The van der Waals surface area contributed by atoms with E-state index in [-0.39, 0.29) is 5.91 Å². The zero-order valence-corrected chi connectivity index (χ0v) is 16.2. The third-order valence-corrected chi connectivity index (χ3v) is 4.12. The van der Waals surface area contributed by atoms with Crippen molar-refractivity contribution in [2.45, 2.75) is 26.7 Å². The van der Waals surface area contributed by atoms with E-state index < -0.39 is 0 Å². The monoisotopic (exact) mass is 369 g/mol. The summed E-state index contributed by atoms with van der Waals surface area (Å²) in [6, 6.07) is 7.07. The molecule has 0 fully saturated rings. The lowest BCUT2D eigenvalue weighted by Gasteiger charge is -2.12. The third-order valence-electron chi connectivity index (χ3n) is 3.18. The van der Waals surface area contributed by atoms with Gasteiger partial charge < -0.3 is 10.1 Å². The number of nitrogens with one attached hydrogen (secondary N) is 3. The van der Waals surface area contributed by atoms with Crippen LogP contribution in [0.5, 0.6) is 5.75 Å². The highest BCUT2D eigenvalue weighted by molar-refractivity contribution is 7.98. The molecule has 0 aliphatic rings. The molecule has 0 saturated heterocycles. The van der Waals surface area contributed by atoms with Gasteiger partial charge in [0.25, 0.3) is 5.91 Å². The predicted molar refractivity (Wildman–Crippen MR) is 106 cm³/mol. The standard InChI is InChI=1S/C17H27N3O2S2/c1-13(2)9-11-22-15-7-5-14(6-8-15)16(21)19-20-17(23)18-10-4-12-24-3/h5-8,13H,4,9-12H2,1-3H3,(H,19,21)(H2,18,20,23). The SMILES string of the molecule is CSCCCNC(=S)NNC(=O)c1ccc(OCCC(C)C)cc1. The maximum atomic E-state index is 12.0. The van der Waals surface area contributed by atoms with E-state index in [1.807, 2.05) is 0 Å². The molecule has 1 aromatic carbocycles. The molecular formula is C17H27N3O2S2. The minimum Gasteiger partial charge on any atom is -0.494 e. The Morgan fingerprint density at radius 1 is 1.25 bits per heavy atom. The number of thioether (sulfide) groups is 1. The van der Waals surface area contributed by atoms with Gasteiger partial charge in [-0.1, -0.05) is 13.8 Å². The van der Waals surface area contributed by atoms with E-state index in [9.17, 15) is 4.79 Å². The van der Waals surface area contributed by atoms with Crippen LogP contribution in [0.4, 0.5) is 0 Å². The van der Waals surface area contributed by atoms with Gasteiger partial charge in [-0.3, -0.25) is 15.6 Å². The van der Waals surface area contributed by atoms with Crippen LogP contribution in [0.15, 0.2) is 24.3 Å². The summed E-state index contributed by atoms with van der Waals surface area (Å²) in [5.41, 5.74) is 5.83. The molecule has 0 atom stereocenters. The Hall–Kier alpha value is -1.47. The lowest BCUT2D eigenvalue weighted by atomic mass is 10.1. The molecule has 0 saturated carbocycles. The summed E-state index contributed by atoms with van der Waals surface area (Å²) >= 11 is 6.89. The van der Waals surface area contributed by atoms with Gasteiger partial charge in [0.05, 0.1) is 6.61 Å². The Balaban J connectivity index is 2.30. The molecule has 134 valence electrons. The molecular weight excluding hydrogens is 342 g/mol. The van der Waals surface area contributed by atoms with Crippen LogP contribution < -0.4 is 20.9 Å². The maximum absolute atomic E-state index is 12.0. The Labute approximate surface area is 154 Å². The number of amides is 1. The molecule has 5 nitrogen and oxygen atoms in total. The van der Waals surface area contributed by atoms with Crippen molar-refractivity contribution in [2.75, 3.05) is 25.2 Å². The van der Waals surface area contributed by atoms with Gasteiger partial charge >= 0.3 is 0 Å². The van der Waals surface area contributed by atoms with Crippen LogP contribution >= 0.6 is 24.0 Å². The summed E-state index contributed by atoms with van der Waals surface area (Å²) in [7, 11) is 0. The first-order valence-electron chi connectivity index (χ1n) is 8.09. The molecule has 7 heteroatoms. The van der Waals surface area contributed by atoms with Crippen molar-refractivity contribution in [1.29, 1.82) is 0 Å². The summed E-state index contributed by atoms with van der Waals surface area (Å²) in [4.78, 5) is 12.0. The van der Waals surface area contributed by atoms with Crippen molar-refractivity contribution < 1.29 is 9.53 Å². The number of carbonyl (C=O) groups is 1. The number of hydrogen-bond donors (Lipinski definition) is 3. The minimum atomic E-state index is -0.239. The van der Waals surface area contributed by atoms with Crippen LogP contribution in [0, 0.1) is 5.92 Å². The molecule has 0 aromatic heterocycles. The number of benzene rings is 1. The van der Waals surface area contributed by atoms with Crippen LogP contribution in [0.2, 0.25) is 0 Å². The third kappa shape index (κ3) is 8.98. The van der Waals surface area contributed by atoms with Gasteiger partial charge in [-0.2, -0.15) is 11.8 Å².